The molecular formula is C20H26N2OS2. The van der Waals surface area contributed by atoms with Gasteiger partial charge in [0.15, 0.2) is 0 Å². The van der Waals surface area contributed by atoms with Crippen LogP contribution in [0.1, 0.15) is 40.7 Å². The third kappa shape index (κ3) is 6.17. The molecule has 0 aliphatic carbocycles. The average molecular weight is 375 g/mol. The number of carbonyl (C=O) groups is 1. The van der Waals surface area contributed by atoms with Gasteiger partial charge < -0.3 is 5.32 Å². The number of hydrogen-bond donors (Lipinski definition) is 1. The third-order valence-corrected chi connectivity index (χ3v) is 6.21. The first-order valence-electron chi connectivity index (χ1n) is 8.99. The molecule has 25 heavy (non-hydrogen) atoms. The first kappa shape index (κ1) is 18.5. The second-order valence-corrected chi connectivity index (χ2v) is 8.36. The summed E-state index contributed by atoms with van der Waals surface area (Å²) in [6.07, 6.45) is 3.98. The second-order valence-electron chi connectivity index (χ2n) is 6.47. The lowest BCUT2D eigenvalue weighted by Gasteiger charge is -2.26. The highest BCUT2D eigenvalue weighted by Gasteiger charge is 2.11. The number of rotatable bonds is 8. The molecule has 134 valence electrons. The maximum atomic E-state index is 12.2. The molecule has 1 aromatic carbocycles. The monoisotopic (exact) mass is 374 g/mol. The number of thiophene rings is 1. The van der Waals surface area contributed by atoms with Crippen molar-refractivity contribution < 1.29 is 4.79 Å². The minimum absolute atomic E-state index is 0.0284. The molecular weight excluding hydrogens is 348 g/mol. The zero-order valence-electron chi connectivity index (χ0n) is 14.6. The van der Waals surface area contributed by atoms with Gasteiger partial charge in [-0.1, -0.05) is 18.6 Å². The summed E-state index contributed by atoms with van der Waals surface area (Å²) in [6, 6.07) is 10.2. The van der Waals surface area contributed by atoms with E-state index >= 15 is 0 Å². The van der Waals surface area contributed by atoms with E-state index in [2.05, 4.69) is 39.2 Å². The van der Waals surface area contributed by atoms with Crippen LogP contribution in [0.3, 0.4) is 0 Å². The molecule has 1 aliphatic heterocycles. The van der Waals surface area contributed by atoms with E-state index in [1.54, 1.807) is 11.3 Å². The number of likely N-dealkylation sites (tertiary alicyclic amines) is 1. The summed E-state index contributed by atoms with van der Waals surface area (Å²) in [4.78, 5) is 14.7. The summed E-state index contributed by atoms with van der Waals surface area (Å²) in [5, 5.41) is 7.29. The van der Waals surface area contributed by atoms with Crippen molar-refractivity contribution in [2.45, 2.75) is 31.6 Å². The Morgan fingerprint density at radius 2 is 1.88 bits per heavy atom. The third-order valence-electron chi connectivity index (χ3n) is 4.45. The molecule has 1 fully saturated rings. The lowest BCUT2D eigenvalue weighted by molar-refractivity contribution is 0.0956. The SMILES string of the molecule is O=C(NCCSCc1ccsc1)c1ccc(CN2CCCCC2)cc1. The summed E-state index contributed by atoms with van der Waals surface area (Å²) in [5.74, 6) is 1.99. The van der Waals surface area contributed by atoms with Crippen molar-refractivity contribution >= 4 is 29.0 Å². The second kappa shape index (κ2) is 10.00. The van der Waals surface area contributed by atoms with E-state index in [1.807, 2.05) is 23.9 Å². The van der Waals surface area contributed by atoms with E-state index < -0.39 is 0 Å². The van der Waals surface area contributed by atoms with Crippen LogP contribution in [0, 0.1) is 0 Å². The number of amides is 1. The summed E-state index contributed by atoms with van der Waals surface area (Å²) in [6.45, 7) is 4.11. The van der Waals surface area contributed by atoms with Gasteiger partial charge in [0.2, 0.25) is 0 Å². The normalized spacial score (nSPS) is 15.2. The molecule has 1 amide bonds. The Kier molecular flexibility index (Phi) is 7.39. The lowest BCUT2D eigenvalue weighted by Crippen LogP contribution is -2.29. The molecule has 0 saturated carbocycles. The van der Waals surface area contributed by atoms with E-state index in [0.717, 1.165) is 23.6 Å². The van der Waals surface area contributed by atoms with Crippen molar-refractivity contribution in [2.75, 3.05) is 25.4 Å². The van der Waals surface area contributed by atoms with Crippen molar-refractivity contribution in [3.63, 3.8) is 0 Å². The van der Waals surface area contributed by atoms with Gasteiger partial charge in [-0.15, -0.1) is 0 Å². The van der Waals surface area contributed by atoms with Gasteiger partial charge in [0, 0.05) is 30.2 Å². The van der Waals surface area contributed by atoms with Crippen LogP contribution < -0.4 is 5.32 Å². The van der Waals surface area contributed by atoms with Gasteiger partial charge in [-0.3, -0.25) is 9.69 Å². The maximum Gasteiger partial charge on any atom is 0.251 e. The van der Waals surface area contributed by atoms with E-state index in [9.17, 15) is 4.79 Å². The maximum absolute atomic E-state index is 12.2. The fourth-order valence-corrected chi connectivity index (χ4v) is 4.62. The molecule has 1 saturated heterocycles. The predicted molar refractivity (Wildman–Crippen MR) is 108 cm³/mol. The van der Waals surface area contributed by atoms with Crippen LogP contribution >= 0.6 is 23.1 Å². The van der Waals surface area contributed by atoms with Crippen molar-refractivity contribution in [1.82, 2.24) is 10.2 Å². The number of benzene rings is 1. The Hall–Kier alpha value is -1.30. The van der Waals surface area contributed by atoms with Gasteiger partial charge in [-0.05, 0) is 66.0 Å². The van der Waals surface area contributed by atoms with Gasteiger partial charge in [-0.2, -0.15) is 23.1 Å². The fourth-order valence-electron chi connectivity index (χ4n) is 3.04. The minimum atomic E-state index is 0.0284. The molecule has 0 atom stereocenters. The molecule has 3 rings (SSSR count). The molecule has 1 N–H and O–H groups in total. The van der Waals surface area contributed by atoms with Crippen molar-refractivity contribution in [2.24, 2.45) is 0 Å². The zero-order valence-corrected chi connectivity index (χ0v) is 16.2. The van der Waals surface area contributed by atoms with Crippen molar-refractivity contribution in [3.8, 4) is 0 Å². The van der Waals surface area contributed by atoms with Crippen LogP contribution in [0.15, 0.2) is 41.1 Å². The lowest BCUT2D eigenvalue weighted by atomic mass is 10.1. The van der Waals surface area contributed by atoms with E-state index in [0.29, 0.717) is 6.54 Å². The zero-order chi connectivity index (χ0) is 17.3. The highest BCUT2D eigenvalue weighted by atomic mass is 32.2. The van der Waals surface area contributed by atoms with Crippen molar-refractivity contribution in [3.05, 3.63) is 57.8 Å². The molecule has 3 nitrogen and oxygen atoms in total. The predicted octanol–water partition coefficient (Wildman–Crippen LogP) is 4.40. The van der Waals surface area contributed by atoms with E-state index in [-0.39, 0.29) is 5.91 Å². The van der Waals surface area contributed by atoms with Gasteiger partial charge in [0.25, 0.3) is 5.91 Å². The molecule has 1 aromatic heterocycles. The Labute approximate surface area is 158 Å². The number of hydrogen-bond acceptors (Lipinski definition) is 4. The summed E-state index contributed by atoms with van der Waals surface area (Å²) in [5.41, 5.74) is 3.42. The Morgan fingerprint density at radius 3 is 2.60 bits per heavy atom. The first-order valence-corrected chi connectivity index (χ1v) is 11.1. The minimum Gasteiger partial charge on any atom is -0.351 e. The number of nitrogens with one attached hydrogen (secondary N) is 1. The Balaban J connectivity index is 1.36. The fraction of sp³-hybridized carbons (Fsp3) is 0.450. The van der Waals surface area contributed by atoms with Crippen LogP contribution in [-0.2, 0) is 12.3 Å². The highest BCUT2D eigenvalue weighted by molar-refractivity contribution is 7.98. The topological polar surface area (TPSA) is 32.3 Å². The largest absolute Gasteiger partial charge is 0.351 e. The molecule has 1 aliphatic rings. The van der Waals surface area contributed by atoms with Gasteiger partial charge in [0.05, 0.1) is 0 Å². The molecule has 0 bridgehead atoms. The van der Waals surface area contributed by atoms with Crippen LogP contribution in [0.2, 0.25) is 0 Å². The molecule has 2 heterocycles. The number of carbonyl (C=O) groups excluding carboxylic acids is 1. The van der Waals surface area contributed by atoms with Crippen LogP contribution in [0.4, 0.5) is 0 Å². The number of thioether (sulfide) groups is 1. The Bertz CT molecular complexity index is 634. The van der Waals surface area contributed by atoms with E-state index in [4.69, 9.17) is 0 Å². The smallest absolute Gasteiger partial charge is 0.251 e. The van der Waals surface area contributed by atoms with Gasteiger partial charge >= 0.3 is 0 Å². The molecule has 0 spiro atoms. The van der Waals surface area contributed by atoms with Crippen LogP contribution in [0.25, 0.3) is 0 Å². The standard InChI is InChI=1S/C20H26N2OS2/c23-20(21-9-13-25-16-18-8-12-24-15-18)19-6-4-17(5-7-19)14-22-10-2-1-3-11-22/h4-8,12,15H,1-3,9-11,13-14,16H2,(H,21,23). The summed E-state index contributed by atoms with van der Waals surface area (Å²) >= 11 is 3.59. The number of piperidine rings is 1. The summed E-state index contributed by atoms with van der Waals surface area (Å²) < 4.78 is 0. The average Bonchev–Trinajstić information content (AvgIpc) is 3.16. The van der Waals surface area contributed by atoms with Crippen LogP contribution in [-0.4, -0.2) is 36.2 Å². The molecule has 5 heteroatoms. The van der Waals surface area contributed by atoms with Crippen LogP contribution in [0.5, 0.6) is 0 Å². The summed E-state index contributed by atoms with van der Waals surface area (Å²) in [7, 11) is 0. The van der Waals surface area contributed by atoms with Crippen molar-refractivity contribution in [1.29, 1.82) is 0 Å². The van der Waals surface area contributed by atoms with Gasteiger partial charge in [0.1, 0.15) is 0 Å². The molecule has 0 unspecified atom stereocenters. The molecule has 0 radical (unpaired) electrons. The first-order chi connectivity index (χ1) is 12.3. The molecule has 2 aromatic rings. The van der Waals surface area contributed by atoms with E-state index in [1.165, 1.54) is 43.5 Å². The number of nitrogens with zero attached hydrogens (tertiary/aromatic N) is 1. The Morgan fingerprint density at radius 1 is 1.08 bits per heavy atom. The highest BCUT2D eigenvalue weighted by Crippen LogP contribution is 2.15. The quantitative estimate of drug-likeness (QED) is 0.695. The van der Waals surface area contributed by atoms with Gasteiger partial charge in [-0.25, -0.2) is 0 Å².